The minimum atomic E-state index is -0.0975. The first kappa shape index (κ1) is 15.6. The van der Waals surface area contributed by atoms with Crippen LogP contribution < -0.4 is 11.1 Å². The van der Waals surface area contributed by atoms with Crippen molar-refractivity contribution in [3.63, 3.8) is 0 Å². The van der Waals surface area contributed by atoms with Crippen molar-refractivity contribution in [1.82, 2.24) is 10.3 Å². The highest BCUT2D eigenvalue weighted by Gasteiger charge is 2.12. The van der Waals surface area contributed by atoms with Gasteiger partial charge < -0.3 is 16.0 Å². The topological polar surface area (TPSA) is 70.9 Å². The Morgan fingerprint density at radius 1 is 1.29 bits per heavy atom. The predicted octanol–water partition coefficient (Wildman–Crippen LogP) is 3.19. The lowest BCUT2D eigenvalue weighted by molar-refractivity contribution is 0.0934. The molecule has 0 saturated heterocycles. The van der Waals surface area contributed by atoms with Gasteiger partial charge in [-0.1, -0.05) is 23.7 Å². The summed E-state index contributed by atoms with van der Waals surface area (Å²) in [5.74, 6) is -0.0975. The summed E-state index contributed by atoms with van der Waals surface area (Å²) in [5, 5.41) is 3.65. The highest BCUT2D eigenvalue weighted by Crippen LogP contribution is 2.20. The normalized spacial score (nSPS) is 12.1. The van der Waals surface area contributed by atoms with Gasteiger partial charge in [0.15, 0.2) is 0 Å². The van der Waals surface area contributed by atoms with Gasteiger partial charge in [0.1, 0.15) is 5.69 Å². The molecule has 0 bridgehead atoms. The van der Waals surface area contributed by atoms with E-state index in [-0.39, 0.29) is 11.9 Å². The van der Waals surface area contributed by atoms with E-state index in [0.717, 1.165) is 24.1 Å². The molecule has 0 radical (unpaired) electrons. The number of amides is 1. The number of aromatic nitrogens is 1. The van der Waals surface area contributed by atoms with Crippen LogP contribution in [0.1, 0.15) is 30.3 Å². The van der Waals surface area contributed by atoms with Crippen molar-refractivity contribution in [2.75, 3.05) is 6.54 Å². The average Bonchev–Trinajstić information content (AvgIpc) is 2.96. The van der Waals surface area contributed by atoms with Gasteiger partial charge in [0.25, 0.3) is 5.91 Å². The Kier molecular flexibility index (Phi) is 5.42. The van der Waals surface area contributed by atoms with Crippen LogP contribution in [-0.4, -0.2) is 23.5 Å². The van der Waals surface area contributed by atoms with Crippen LogP contribution in [0.5, 0.6) is 0 Å². The smallest absolute Gasteiger partial charge is 0.267 e. The second-order valence-electron chi connectivity index (χ2n) is 5.10. The zero-order chi connectivity index (χ0) is 15.2. The van der Waals surface area contributed by atoms with E-state index in [9.17, 15) is 4.79 Å². The van der Waals surface area contributed by atoms with Crippen LogP contribution in [0, 0.1) is 0 Å². The van der Waals surface area contributed by atoms with E-state index in [4.69, 9.17) is 17.3 Å². The first-order valence-electron chi connectivity index (χ1n) is 7.06. The molecule has 0 aliphatic heterocycles. The number of hydrogen-bond donors (Lipinski definition) is 3. The standard InChI is InChI=1S/C16H20ClN3O/c1-11(3-2-10-18)19-16(21)15-9-8-14(20-15)12-4-6-13(17)7-5-12/h4-9,11,20H,2-3,10,18H2,1H3,(H,19,21). The summed E-state index contributed by atoms with van der Waals surface area (Å²) < 4.78 is 0. The van der Waals surface area contributed by atoms with Crippen molar-refractivity contribution in [3.8, 4) is 11.3 Å². The average molecular weight is 306 g/mol. The SMILES string of the molecule is CC(CCCN)NC(=O)c1ccc(-c2ccc(Cl)cc2)[nH]1. The fourth-order valence-corrected chi connectivity index (χ4v) is 2.25. The van der Waals surface area contributed by atoms with E-state index in [1.807, 2.05) is 37.3 Å². The van der Waals surface area contributed by atoms with E-state index >= 15 is 0 Å². The number of aromatic amines is 1. The number of H-pyrrole nitrogens is 1. The number of hydrogen-bond acceptors (Lipinski definition) is 2. The van der Waals surface area contributed by atoms with Crippen LogP contribution in [0.25, 0.3) is 11.3 Å². The van der Waals surface area contributed by atoms with Gasteiger partial charge in [-0.15, -0.1) is 0 Å². The van der Waals surface area contributed by atoms with Gasteiger partial charge in [-0.05, 0) is 56.1 Å². The summed E-state index contributed by atoms with van der Waals surface area (Å²) in [6.07, 6.45) is 1.79. The van der Waals surface area contributed by atoms with E-state index in [1.54, 1.807) is 6.07 Å². The number of nitrogens with two attached hydrogens (primary N) is 1. The number of benzene rings is 1. The van der Waals surface area contributed by atoms with E-state index < -0.39 is 0 Å². The molecule has 4 nitrogen and oxygen atoms in total. The molecule has 1 heterocycles. The minimum Gasteiger partial charge on any atom is -0.351 e. The molecule has 2 rings (SSSR count). The monoisotopic (exact) mass is 305 g/mol. The molecule has 0 fully saturated rings. The zero-order valence-corrected chi connectivity index (χ0v) is 12.8. The summed E-state index contributed by atoms with van der Waals surface area (Å²) in [7, 11) is 0. The van der Waals surface area contributed by atoms with Gasteiger partial charge in [0.2, 0.25) is 0 Å². The molecule has 2 aromatic rings. The van der Waals surface area contributed by atoms with Crippen LogP contribution >= 0.6 is 11.6 Å². The Hall–Kier alpha value is -1.78. The second kappa shape index (κ2) is 7.29. The molecule has 1 amide bonds. The third kappa shape index (κ3) is 4.34. The molecule has 4 N–H and O–H groups in total. The maximum Gasteiger partial charge on any atom is 0.267 e. The third-order valence-electron chi connectivity index (χ3n) is 3.30. The number of nitrogens with one attached hydrogen (secondary N) is 2. The maximum atomic E-state index is 12.1. The number of rotatable bonds is 6. The quantitative estimate of drug-likeness (QED) is 0.767. The van der Waals surface area contributed by atoms with Gasteiger partial charge in [-0.2, -0.15) is 0 Å². The van der Waals surface area contributed by atoms with Crippen LogP contribution in [0.2, 0.25) is 5.02 Å². The molecule has 1 atom stereocenters. The first-order chi connectivity index (χ1) is 10.1. The van der Waals surface area contributed by atoms with Gasteiger partial charge >= 0.3 is 0 Å². The molecule has 0 aliphatic rings. The van der Waals surface area contributed by atoms with Gasteiger partial charge in [0, 0.05) is 16.8 Å². The Morgan fingerprint density at radius 2 is 2.00 bits per heavy atom. The Labute approximate surface area is 129 Å². The van der Waals surface area contributed by atoms with Gasteiger partial charge in [0.05, 0.1) is 0 Å². The van der Waals surface area contributed by atoms with Crippen molar-refractivity contribution >= 4 is 17.5 Å². The lowest BCUT2D eigenvalue weighted by atomic mass is 10.2. The molecule has 0 spiro atoms. The largest absolute Gasteiger partial charge is 0.351 e. The zero-order valence-electron chi connectivity index (χ0n) is 12.0. The summed E-state index contributed by atoms with van der Waals surface area (Å²) in [6, 6.07) is 11.3. The van der Waals surface area contributed by atoms with E-state index in [1.165, 1.54) is 0 Å². The molecular weight excluding hydrogens is 286 g/mol. The fraction of sp³-hybridized carbons (Fsp3) is 0.312. The highest BCUT2D eigenvalue weighted by atomic mass is 35.5. The minimum absolute atomic E-state index is 0.0975. The molecule has 112 valence electrons. The van der Waals surface area contributed by atoms with Crippen molar-refractivity contribution in [1.29, 1.82) is 0 Å². The molecule has 5 heteroatoms. The van der Waals surface area contributed by atoms with E-state index in [0.29, 0.717) is 17.3 Å². The summed E-state index contributed by atoms with van der Waals surface area (Å²) >= 11 is 5.87. The lowest BCUT2D eigenvalue weighted by Gasteiger charge is -2.12. The second-order valence-corrected chi connectivity index (χ2v) is 5.53. The summed E-state index contributed by atoms with van der Waals surface area (Å²) in [6.45, 7) is 2.63. The number of carbonyl (C=O) groups excluding carboxylic acids is 1. The fourth-order valence-electron chi connectivity index (χ4n) is 2.12. The van der Waals surface area contributed by atoms with Gasteiger partial charge in [-0.3, -0.25) is 4.79 Å². The van der Waals surface area contributed by atoms with Crippen molar-refractivity contribution in [2.45, 2.75) is 25.8 Å². The van der Waals surface area contributed by atoms with Crippen LogP contribution in [0.15, 0.2) is 36.4 Å². The Balaban J connectivity index is 2.02. The van der Waals surface area contributed by atoms with Crippen LogP contribution in [-0.2, 0) is 0 Å². The van der Waals surface area contributed by atoms with Crippen molar-refractivity contribution < 1.29 is 4.79 Å². The number of carbonyl (C=O) groups is 1. The molecule has 0 saturated carbocycles. The number of halogens is 1. The summed E-state index contributed by atoms with van der Waals surface area (Å²) in [4.78, 5) is 15.3. The van der Waals surface area contributed by atoms with Crippen molar-refractivity contribution in [2.24, 2.45) is 5.73 Å². The van der Waals surface area contributed by atoms with Crippen LogP contribution in [0.3, 0.4) is 0 Å². The third-order valence-corrected chi connectivity index (χ3v) is 3.56. The first-order valence-corrected chi connectivity index (χ1v) is 7.44. The Bertz CT molecular complexity index is 592. The Morgan fingerprint density at radius 3 is 2.67 bits per heavy atom. The molecular formula is C16H20ClN3O. The summed E-state index contributed by atoms with van der Waals surface area (Å²) in [5.41, 5.74) is 7.91. The van der Waals surface area contributed by atoms with Crippen LogP contribution in [0.4, 0.5) is 0 Å². The van der Waals surface area contributed by atoms with Gasteiger partial charge in [-0.25, -0.2) is 0 Å². The van der Waals surface area contributed by atoms with Crippen molar-refractivity contribution in [3.05, 3.63) is 47.1 Å². The van der Waals surface area contributed by atoms with E-state index in [2.05, 4.69) is 10.3 Å². The maximum absolute atomic E-state index is 12.1. The molecule has 1 aromatic carbocycles. The predicted molar refractivity (Wildman–Crippen MR) is 86.5 cm³/mol. The highest BCUT2D eigenvalue weighted by molar-refractivity contribution is 6.30. The molecule has 0 aliphatic carbocycles. The molecule has 1 aromatic heterocycles. The molecule has 21 heavy (non-hydrogen) atoms. The lowest BCUT2D eigenvalue weighted by Crippen LogP contribution is -2.33. The molecule has 1 unspecified atom stereocenters.